The number of phenolic OH excluding ortho intramolecular Hbond substituents is 1. The van der Waals surface area contributed by atoms with Gasteiger partial charge in [-0.3, -0.25) is 4.79 Å². The summed E-state index contributed by atoms with van der Waals surface area (Å²) in [6.45, 7) is 12.4. The smallest absolute Gasteiger partial charge is 0.162 e. The van der Waals surface area contributed by atoms with E-state index in [1.54, 1.807) is 0 Å². The molecule has 4 nitrogen and oxygen atoms in total. The molecule has 0 aromatic heterocycles. The molecule has 0 radical (unpaired) electrons. The number of carbonyl (C=O) groups is 1. The van der Waals surface area contributed by atoms with Crippen LogP contribution in [0.4, 0.5) is 0 Å². The van der Waals surface area contributed by atoms with E-state index in [4.69, 9.17) is 5.11 Å². The summed E-state index contributed by atoms with van der Waals surface area (Å²) in [5.74, 6) is 0.530. The van der Waals surface area contributed by atoms with Crippen LogP contribution in [0.2, 0.25) is 0 Å². The van der Waals surface area contributed by atoms with Crippen molar-refractivity contribution < 1.29 is 20.1 Å². The summed E-state index contributed by atoms with van der Waals surface area (Å²) in [6.07, 6.45) is 17.9. The molecule has 0 aliphatic carbocycles. The van der Waals surface area contributed by atoms with Crippen molar-refractivity contribution in [2.24, 2.45) is 0 Å². The summed E-state index contributed by atoms with van der Waals surface area (Å²) in [7, 11) is 0. The minimum atomic E-state index is -0.531. The average molecular weight is 519 g/mol. The van der Waals surface area contributed by atoms with Crippen LogP contribution >= 0.6 is 0 Å². The molecule has 214 valence electrons. The van der Waals surface area contributed by atoms with Gasteiger partial charge in [-0.05, 0) is 35.8 Å². The highest BCUT2D eigenvalue weighted by molar-refractivity contribution is 5.96. The fraction of sp³-hybridized carbons (Fsp3) is 0.788. The normalized spacial score (nSPS) is 13.2. The van der Waals surface area contributed by atoms with E-state index in [0.717, 1.165) is 48.8 Å². The first-order chi connectivity index (χ1) is 17.4. The SMILES string of the molecule is CC(C)(C)c1cc(C(=O)CCCCCCCCCCCCCCCCC(O)CO)cc(C(C)(C)C)c1O. The molecule has 4 heteroatoms. The third kappa shape index (κ3) is 13.8. The second kappa shape index (κ2) is 17.2. The number of phenols is 1. The minimum Gasteiger partial charge on any atom is -0.507 e. The number of rotatable bonds is 19. The molecule has 3 N–H and O–H groups in total. The Morgan fingerprint density at radius 1 is 0.676 bits per heavy atom. The number of benzene rings is 1. The maximum atomic E-state index is 13.0. The van der Waals surface area contributed by atoms with E-state index >= 15 is 0 Å². The summed E-state index contributed by atoms with van der Waals surface area (Å²) in [5, 5.41) is 29.0. The van der Waals surface area contributed by atoms with Gasteiger partial charge in [0.15, 0.2) is 5.78 Å². The molecule has 1 atom stereocenters. The predicted octanol–water partition coefficient (Wildman–Crippen LogP) is 8.76. The lowest BCUT2D eigenvalue weighted by molar-refractivity contribution is 0.0860. The van der Waals surface area contributed by atoms with Gasteiger partial charge >= 0.3 is 0 Å². The van der Waals surface area contributed by atoms with E-state index < -0.39 is 6.10 Å². The van der Waals surface area contributed by atoms with Crippen LogP contribution in [0.25, 0.3) is 0 Å². The zero-order valence-electron chi connectivity index (χ0n) is 25.0. The number of aliphatic hydroxyl groups is 2. The van der Waals surface area contributed by atoms with Crippen LogP contribution in [0, 0.1) is 0 Å². The molecule has 0 saturated heterocycles. The van der Waals surface area contributed by atoms with Crippen LogP contribution in [0.5, 0.6) is 5.75 Å². The Balaban J connectivity index is 2.18. The molecule has 1 aromatic carbocycles. The van der Waals surface area contributed by atoms with E-state index in [-0.39, 0.29) is 23.2 Å². The zero-order valence-corrected chi connectivity index (χ0v) is 25.0. The molecule has 1 rings (SSSR count). The molecule has 0 heterocycles. The predicted molar refractivity (Wildman–Crippen MR) is 157 cm³/mol. The first-order valence-electron chi connectivity index (χ1n) is 15.1. The Morgan fingerprint density at radius 3 is 1.38 bits per heavy atom. The lowest BCUT2D eigenvalue weighted by Gasteiger charge is -2.28. The molecular formula is C33H58O4. The van der Waals surface area contributed by atoms with Crippen molar-refractivity contribution in [3.63, 3.8) is 0 Å². The van der Waals surface area contributed by atoms with Gasteiger partial charge in [-0.25, -0.2) is 0 Å². The molecule has 0 aliphatic heterocycles. The Morgan fingerprint density at radius 2 is 1.03 bits per heavy atom. The summed E-state index contributed by atoms with van der Waals surface area (Å²) in [6, 6.07) is 3.83. The van der Waals surface area contributed by atoms with Gasteiger partial charge in [0.2, 0.25) is 0 Å². The zero-order chi connectivity index (χ0) is 27.9. The fourth-order valence-electron chi connectivity index (χ4n) is 4.96. The standard InChI is InChI=1S/C33H58O4/c1-32(2,3)28-23-26(24-29(31(28)37)33(4,5)6)30(36)22-20-18-16-14-12-10-8-7-9-11-13-15-17-19-21-27(35)25-34/h23-24,27,34-35,37H,7-22,25H2,1-6H3. The number of aliphatic hydroxyl groups excluding tert-OH is 2. The van der Waals surface area contributed by atoms with E-state index in [0.29, 0.717) is 12.2 Å². The minimum absolute atomic E-state index is 0.113. The molecule has 0 spiro atoms. The Bertz CT molecular complexity index is 735. The molecule has 0 aliphatic rings. The molecule has 0 saturated carbocycles. The quantitative estimate of drug-likeness (QED) is 0.126. The largest absolute Gasteiger partial charge is 0.507 e. The van der Waals surface area contributed by atoms with Crippen LogP contribution in [0.15, 0.2) is 12.1 Å². The summed E-state index contributed by atoms with van der Waals surface area (Å²) < 4.78 is 0. The second-order valence-electron chi connectivity index (χ2n) is 13.2. The van der Waals surface area contributed by atoms with Gasteiger partial charge in [0.05, 0.1) is 12.7 Å². The van der Waals surface area contributed by atoms with Crippen LogP contribution in [-0.4, -0.2) is 33.8 Å². The van der Waals surface area contributed by atoms with Crippen molar-refractivity contribution in [1.82, 2.24) is 0 Å². The average Bonchev–Trinajstić information content (AvgIpc) is 2.81. The number of hydrogen-bond acceptors (Lipinski definition) is 4. The lowest BCUT2D eigenvalue weighted by Crippen LogP contribution is -2.18. The third-order valence-corrected chi connectivity index (χ3v) is 7.45. The molecular weight excluding hydrogens is 460 g/mol. The number of aromatic hydroxyl groups is 1. The maximum Gasteiger partial charge on any atom is 0.162 e. The first kappa shape index (κ1) is 33.6. The van der Waals surface area contributed by atoms with E-state index in [2.05, 4.69) is 41.5 Å². The number of ketones is 1. The van der Waals surface area contributed by atoms with Crippen molar-refractivity contribution in [3.8, 4) is 5.75 Å². The van der Waals surface area contributed by atoms with Crippen LogP contribution in [0.3, 0.4) is 0 Å². The van der Waals surface area contributed by atoms with Crippen molar-refractivity contribution in [2.75, 3.05) is 6.61 Å². The van der Waals surface area contributed by atoms with Gasteiger partial charge in [-0.2, -0.15) is 0 Å². The molecule has 37 heavy (non-hydrogen) atoms. The lowest BCUT2D eigenvalue weighted by atomic mass is 9.78. The monoisotopic (exact) mass is 518 g/mol. The van der Waals surface area contributed by atoms with Gasteiger partial charge in [-0.15, -0.1) is 0 Å². The maximum absolute atomic E-state index is 13.0. The summed E-state index contributed by atoms with van der Waals surface area (Å²) >= 11 is 0. The number of carbonyl (C=O) groups excluding carboxylic acids is 1. The van der Waals surface area contributed by atoms with Gasteiger partial charge in [-0.1, -0.05) is 125 Å². The van der Waals surface area contributed by atoms with Gasteiger partial charge in [0.25, 0.3) is 0 Å². The second-order valence-corrected chi connectivity index (χ2v) is 13.2. The topological polar surface area (TPSA) is 77.8 Å². The van der Waals surface area contributed by atoms with Crippen LogP contribution in [0.1, 0.15) is 166 Å². The summed E-state index contributed by atoms with van der Waals surface area (Å²) in [5.41, 5.74) is 2.03. The van der Waals surface area contributed by atoms with Gasteiger partial charge in [0, 0.05) is 23.1 Å². The molecule has 1 unspecified atom stereocenters. The number of Topliss-reactive ketones (excluding diaryl/α,β-unsaturated/α-hetero) is 1. The van der Waals surface area contributed by atoms with E-state index in [1.165, 1.54) is 64.2 Å². The first-order valence-corrected chi connectivity index (χ1v) is 15.1. The Kier molecular flexibility index (Phi) is 15.7. The molecule has 0 amide bonds. The molecule has 0 bridgehead atoms. The Labute approximate surface area is 228 Å². The fourth-order valence-corrected chi connectivity index (χ4v) is 4.96. The van der Waals surface area contributed by atoms with Crippen molar-refractivity contribution in [2.45, 2.75) is 161 Å². The van der Waals surface area contributed by atoms with E-state index in [9.17, 15) is 15.0 Å². The van der Waals surface area contributed by atoms with Crippen LogP contribution < -0.4 is 0 Å². The van der Waals surface area contributed by atoms with Gasteiger partial charge in [0.1, 0.15) is 5.75 Å². The Hall–Kier alpha value is -1.39. The molecule has 0 fully saturated rings. The number of unbranched alkanes of at least 4 members (excludes halogenated alkanes) is 13. The molecule has 1 aromatic rings. The van der Waals surface area contributed by atoms with Gasteiger partial charge < -0.3 is 15.3 Å². The van der Waals surface area contributed by atoms with Crippen molar-refractivity contribution in [1.29, 1.82) is 0 Å². The van der Waals surface area contributed by atoms with Crippen molar-refractivity contribution >= 4 is 5.78 Å². The highest BCUT2D eigenvalue weighted by Crippen LogP contribution is 2.40. The van der Waals surface area contributed by atoms with Crippen molar-refractivity contribution in [3.05, 3.63) is 28.8 Å². The van der Waals surface area contributed by atoms with E-state index in [1.807, 2.05) is 12.1 Å². The summed E-state index contributed by atoms with van der Waals surface area (Å²) in [4.78, 5) is 13.0. The number of hydrogen-bond donors (Lipinski definition) is 3. The highest BCUT2D eigenvalue weighted by Gasteiger charge is 2.27. The highest BCUT2D eigenvalue weighted by atomic mass is 16.3. The third-order valence-electron chi connectivity index (χ3n) is 7.45. The van der Waals surface area contributed by atoms with Crippen LogP contribution in [-0.2, 0) is 10.8 Å².